The molecule has 0 aliphatic rings. The molecule has 1 atom stereocenters. The number of benzene rings is 2. The number of nitrogens with one attached hydrogen (secondary N) is 1. The molecule has 0 aliphatic carbocycles. The Hall–Kier alpha value is -2.77. The Labute approximate surface area is 178 Å². The molecule has 0 spiro atoms. The van der Waals surface area contributed by atoms with Crippen LogP contribution >= 0.6 is 22.9 Å². The zero-order valence-corrected chi connectivity index (χ0v) is 17.8. The highest BCUT2D eigenvalue weighted by molar-refractivity contribution is 7.15. The van der Waals surface area contributed by atoms with Crippen molar-refractivity contribution < 1.29 is 19.0 Å². The number of rotatable bonds is 8. The van der Waals surface area contributed by atoms with E-state index in [0.717, 1.165) is 5.56 Å². The summed E-state index contributed by atoms with van der Waals surface area (Å²) in [4.78, 5) is 15.4. The lowest BCUT2D eigenvalue weighted by Gasteiger charge is -2.13. The fourth-order valence-electron chi connectivity index (χ4n) is 2.58. The van der Waals surface area contributed by atoms with Crippen LogP contribution in [0.1, 0.15) is 32.4 Å². The van der Waals surface area contributed by atoms with Gasteiger partial charge in [-0.1, -0.05) is 23.7 Å². The standard InChI is InChI=1S/C21H21ClN2O4S/c1-4-26-17-9-10-19(18(22)11-17)28-21-23-12-20(29-21)27-16-7-5-15(6-8-16)13(2)24-14(3)25/h5-13H,4H2,1-3H3,(H,24,25). The van der Waals surface area contributed by atoms with Gasteiger partial charge in [-0.25, -0.2) is 4.98 Å². The van der Waals surface area contributed by atoms with Gasteiger partial charge < -0.3 is 19.5 Å². The molecule has 1 N–H and O–H groups in total. The molecule has 1 aromatic heterocycles. The predicted molar refractivity (Wildman–Crippen MR) is 114 cm³/mol. The van der Waals surface area contributed by atoms with Gasteiger partial charge in [0.15, 0.2) is 0 Å². The van der Waals surface area contributed by atoms with Gasteiger partial charge in [0.25, 0.3) is 5.19 Å². The molecule has 0 aliphatic heterocycles. The lowest BCUT2D eigenvalue weighted by molar-refractivity contribution is -0.119. The Morgan fingerprint density at radius 2 is 1.90 bits per heavy atom. The molecule has 3 aromatic rings. The molecule has 1 heterocycles. The first-order valence-electron chi connectivity index (χ1n) is 9.05. The molecule has 0 saturated heterocycles. The van der Waals surface area contributed by atoms with Crippen molar-refractivity contribution in [1.29, 1.82) is 0 Å². The maximum atomic E-state index is 11.2. The highest BCUT2D eigenvalue weighted by atomic mass is 35.5. The molecule has 0 fully saturated rings. The number of thiazole rings is 1. The SMILES string of the molecule is CCOc1ccc(Oc2ncc(Oc3ccc(C(C)NC(C)=O)cc3)s2)c(Cl)c1. The quantitative estimate of drug-likeness (QED) is 0.474. The van der Waals surface area contributed by atoms with E-state index in [4.69, 9.17) is 25.8 Å². The summed E-state index contributed by atoms with van der Waals surface area (Å²) in [7, 11) is 0. The molecular weight excluding hydrogens is 412 g/mol. The van der Waals surface area contributed by atoms with Crippen molar-refractivity contribution in [2.24, 2.45) is 0 Å². The van der Waals surface area contributed by atoms with Gasteiger partial charge in [0.1, 0.15) is 17.2 Å². The smallest absolute Gasteiger partial charge is 0.282 e. The largest absolute Gasteiger partial charge is 0.494 e. The van der Waals surface area contributed by atoms with Crippen LogP contribution in [0.15, 0.2) is 48.7 Å². The Balaban J connectivity index is 1.62. The van der Waals surface area contributed by atoms with Crippen molar-refractivity contribution in [2.75, 3.05) is 6.61 Å². The van der Waals surface area contributed by atoms with Crippen LogP contribution in [-0.4, -0.2) is 17.5 Å². The minimum absolute atomic E-state index is 0.0659. The number of halogens is 1. The fraction of sp³-hybridized carbons (Fsp3) is 0.238. The van der Waals surface area contributed by atoms with Crippen LogP contribution in [0, 0.1) is 0 Å². The monoisotopic (exact) mass is 432 g/mol. The highest BCUT2D eigenvalue weighted by Crippen LogP contribution is 2.37. The number of amides is 1. The van der Waals surface area contributed by atoms with Gasteiger partial charge in [0.2, 0.25) is 11.0 Å². The summed E-state index contributed by atoms with van der Waals surface area (Å²) < 4.78 is 17.0. The predicted octanol–water partition coefficient (Wildman–Crippen LogP) is 5.98. The summed E-state index contributed by atoms with van der Waals surface area (Å²) in [5.41, 5.74) is 0.992. The van der Waals surface area contributed by atoms with E-state index in [2.05, 4.69) is 10.3 Å². The number of nitrogens with zero attached hydrogens (tertiary/aromatic N) is 1. The van der Waals surface area contributed by atoms with Gasteiger partial charge in [0.05, 0.1) is 23.9 Å². The number of hydrogen-bond donors (Lipinski definition) is 1. The van der Waals surface area contributed by atoms with E-state index < -0.39 is 0 Å². The zero-order valence-electron chi connectivity index (χ0n) is 16.3. The topological polar surface area (TPSA) is 69.7 Å². The molecule has 1 amide bonds. The van der Waals surface area contributed by atoms with E-state index >= 15 is 0 Å². The molecular formula is C21H21ClN2O4S. The molecule has 6 nitrogen and oxygen atoms in total. The van der Waals surface area contributed by atoms with Gasteiger partial charge >= 0.3 is 0 Å². The van der Waals surface area contributed by atoms with Crippen LogP contribution in [0.3, 0.4) is 0 Å². The Bertz CT molecular complexity index is 975. The third-order valence-electron chi connectivity index (χ3n) is 3.89. The second-order valence-electron chi connectivity index (χ2n) is 6.17. The normalized spacial score (nSPS) is 11.6. The Morgan fingerprint density at radius 3 is 2.55 bits per heavy atom. The van der Waals surface area contributed by atoms with E-state index in [0.29, 0.717) is 39.1 Å². The number of carbonyl (C=O) groups is 1. The fourth-order valence-corrected chi connectivity index (χ4v) is 3.44. The van der Waals surface area contributed by atoms with Crippen LogP contribution in [-0.2, 0) is 4.79 Å². The van der Waals surface area contributed by atoms with Gasteiger partial charge in [-0.05, 0) is 55.0 Å². The van der Waals surface area contributed by atoms with E-state index in [9.17, 15) is 4.79 Å². The zero-order chi connectivity index (χ0) is 20.8. The van der Waals surface area contributed by atoms with E-state index in [1.54, 1.807) is 24.4 Å². The average molecular weight is 433 g/mol. The maximum Gasteiger partial charge on any atom is 0.282 e. The van der Waals surface area contributed by atoms with Gasteiger partial charge in [-0.3, -0.25) is 4.79 Å². The first kappa shape index (κ1) is 21.0. The summed E-state index contributed by atoms with van der Waals surface area (Å²) in [5.74, 6) is 1.78. The first-order chi connectivity index (χ1) is 13.9. The summed E-state index contributed by atoms with van der Waals surface area (Å²) >= 11 is 7.50. The minimum Gasteiger partial charge on any atom is -0.494 e. The number of carbonyl (C=O) groups excluding carboxylic acids is 1. The van der Waals surface area contributed by atoms with E-state index in [1.165, 1.54) is 18.3 Å². The number of aromatic nitrogens is 1. The van der Waals surface area contributed by atoms with Crippen LogP contribution in [0.25, 0.3) is 0 Å². The van der Waals surface area contributed by atoms with E-state index in [1.807, 2.05) is 38.1 Å². The van der Waals surface area contributed by atoms with Crippen LogP contribution in [0.4, 0.5) is 0 Å². The molecule has 2 aromatic carbocycles. The van der Waals surface area contributed by atoms with Gasteiger partial charge in [-0.15, -0.1) is 0 Å². The Kier molecular flexibility index (Phi) is 6.95. The van der Waals surface area contributed by atoms with Crippen molar-refractivity contribution in [1.82, 2.24) is 10.3 Å². The lowest BCUT2D eigenvalue weighted by Crippen LogP contribution is -2.23. The number of ether oxygens (including phenoxy) is 3. The third kappa shape index (κ3) is 5.85. The minimum atomic E-state index is -0.0670. The molecule has 0 radical (unpaired) electrons. The molecule has 3 rings (SSSR count). The second kappa shape index (κ2) is 9.62. The summed E-state index contributed by atoms with van der Waals surface area (Å²) in [5, 5.41) is 4.30. The molecule has 8 heteroatoms. The average Bonchev–Trinajstić information content (AvgIpc) is 3.11. The van der Waals surface area contributed by atoms with Crippen molar-refractivity contribution in [3.8, 4) is 27.5 Å². The van der Waals surface area contributed by atoms with Crippen LogP contribution in [0.5, 0.6) is 27.5 Å². The van der Waals surface area contributed by atoms with Crippen molar-refractivity contribution in [3.63, 3.8) is 0 Å². The maximum absolute atomic E-state index is 11.2. The molecule has 29 heavy (non-hydrogen) atoms. The van der Waals surface area contributed by atoms with Crippen LogP contribution in [0.2, 0.25) is 5.02 Å². The molecule has 1 unspecified atom stereocenters. The molecule has 152 valence electrons. The van der Waals surface area contributed by atoms with Crippen molar-refractivity contribution in [2.45, 2.75) is 26.8 Å². The Morgan fingerprint density at radius 1 is 1.17 bits per heavy atom. The summed E-state index contributed by atoms with van der Waals surface area (Å²) in [6.45, 7) is 5.90. The van der Waals surface area contributed by atoms with Gasteiger partial charge in [0, 0.05) is 13.0 Å². The lowest BCUT2D eigenvalue weighted by atomic mass is 10.1. The third-order valence-corrected chi connectivity index (χ3v) is 4.94. The van der Waals surface area contributed by atoms with Crippen molar-refractivity contribution >= 4 is 28.8 Å². The van der Waals surface area contributed by atoms with E-state index in [-0.39, 0.29) is 11.9 Å². The first-order valence-corrected chi connectivity index (χ1v) is 10.2. The summed E-state index contributed by atoms with van der Waals surface area (Å²) in [6, 6.07) is 12.7. The summed E-state index contributed by atoms with van der Waals surface area (Å²) in [6.07, 6.45) is 1.59. The van der Waals surface area contributed by atoms with Crippen molar-refractivity contribution in [3.05, 3.63) is 59.2 Å². The highest BCUT2D eigenvalue weighted by Gasteiger charge is 2.11. The molecule has 0 saturated carbocycles. The second-order valence-corrected chi connectivity index (χ2v) is 7.53. The number of hydrogen-bond acceptors (Lipinski definition) is 6. The molecule has 0 bridgehead atoms. The van der Waals surface area contributed by atoms with Crippen LogP contribution < -0.4 is 19.5 Å². The van der Waals surface area contributed by atoms with Gasteiger partial charge in [-0.2, -0.15) is 0 Å².